The molecular formula is C12H24N2O3S. The fourth-order valence-electron chi connectivity index (χ4n) is 1.76. The van der Waals surface area contributed by atoms with Gasteiger partial charge in [0.15, 0.2) is 0 Å². The Kier molecular flexibility index (Phi) is 6.42. The van der Waals surface area contributed by atoms with Crippen molar-refractivity contribution in [2.24, 2.45) is 11.7 Å². The highest BCUT2D eigenvalue weighted by atomic mass is 32.2. The summed E-state index contributed by atoms with van der Waals surface area (Å²) in [6.07, 6.45) is 0.123. The van der Waals surface area contributed by atoms with Crippen LogP contribution >= 0.6 is 11.8 Å². The first-order chi connectivity index (χ1) is 8.40. The zero-order valence-corrected chi connectivity index (χ0v) is 12.1. The molecule has 0 radical (unpaired) electrons. The quantitative estimate of drug-likeness (QED) is 0.606. The second kappa shape index (κ2) is 7.33. The summed E-state index contributed by atoms with van der Waals surface area (Å²) in [5.74, 6) is 0.932. The molecule has 1 saturated heterocycles. The third-order valence-electron chi connectivity index (χ3n) is 3.08. The first-order valence-electron chi connectivity index (χ1n) is 6.34. The number of carbonyl (C=O) groups excluding carboxylic acids is 1. The lowest BCUT2D eigenvalue weighted by atomic mass is 9.99. The Morgan fingerprint density at radius 3 is 2.83 bits per heavy atom. The lowest BCUT2D eigenvalue weighted by Gasteiger charge is -2.24. The average Bonchev–Trinajstić information content (AvgIpc) is 2.74. The molecule has 0 amide bonds. The molecule has 1 aliphatic heterocycles. The SMILES string of the molecule is CC(=O)OCC1CSC(C(O)CC(N)C(C)C)N1. The first kappa shape index (κ1) is 15.8. The Hall–Kier alpha value is -0.300. The van der Waals surface area contributed by atoms with Crippen LogP contribution in [0.2, 0.25) is 0 Å². The Morgan fingerprint density at radius 2 is 2.28 bits per heavy atom. The van der Waals surface area contributed by atoms with Gasteiger partial charge in [0.05, 0.1) is 17.5 Å². The third kappa shape index (κ3) is 5.14. The number of esters is 1. The highest BCUT2D eigenvalue weighted by Gasteiger charge is 2.31. The fourth-order valence-corrected chi connectivity index (χ4v) is 3.01. The number of aliphatic hydroxyl groups is 1. The summed E-state index contributed by atoms with van der Waals surface area (Å²) in [7, 11) is 0. The van der Waals surface area contributed by atoms with Crippen LogP contribution in [0.5, 0.6) is 0 Å². The van der Waals surface area contributed by atoms with Crippen LogP contribution in [0, 0.1) is 5.92 Å². The number of aliphatic hydroxyl groups excluding tert-OH is 1. The normalized spacial score (nSPS) is 27.2. The van der Waals surface area contributed by atoms with E-state index in [0.29, 0.717) is 18.9 Å². The third-order valence-corrected chi connectivity index (χ3v) is 4.49. The van der Waals surface area contributed by atoms with Crippen LogP contribution in [0.25, 0.3) is 0 Å². The summed E-state index contributed by atoms with van der Waals surface area (Å²) in [6, 6.07) is 0.128. The van der Waals surface area contributed by atoms with Gasteiger partial charge in [-0.05, 0) is 12.3 Å². The average molecular weight is 276 g/mol. The van der Waals surface area contributed by atoms with E-state index in [1.54, 1.807) is 11.8 Å². The maximum absolute atomic E-state index is 10.7. The Morgan fingerprint density at radius 1 is 1.61 bits per heavy atom. The predicted molar refractivity (Wildman–Crippen MR) is 73.2 cm³/mol. The summed E-state index contributed by atoms with van der Waals surface area (Å²) in [5, 5.41) is 13.3. The van der Waals surface area contributed by atoms with E-state index in [-0.39, 0.29) is 23.4 Å². The van der Waals surface area contributed by atoms with E-state index in [9.17, 15) is 9.90 Å². The van der Waals surface area contributed by atoms with Crippen molar-refractivity contribution in [3.63, 3.8) is 0 Å². The molecule has 1 heterocycles. The van der Waals surface area contributed by atoms with Crippen molar-refractivity contribution in [3.8, 4) is 0 Å². The van der Waals surface area contributed by atoms with Crippen LogP contribution in [-0.4, -0.2) is 47.0 Å². The number of carbonyl (C=O) groups is 1. The minimum Gasteiger partial charge on any atom is -0.464 e. The number of nitrogens with two attached hydrogens (primary N) is 1. The zero-order valence-electron chi connectivity index (χ0n) is 11.3. The lowest BCUT2D eigenvalue weighted by Crippen LogP contribution is -2.43. The predicted octanol–water partition coefficient (Wildman–Crippen LogP) is 0.315. The molecule has 1 rings (SSSR count). The van der Waals surface area contributed by atoms with Gasteiger partial charge in [0.1, 0.15) is 6.61 Å². The molecule has 5 nitrogen and oxygen atoms in total. The van der Waals surface area contributed by atoms with E-state index >= 15 is 0 Å². The number of rotatable bonds is 6. The van der Waals surface area contributed by atoms with Crippen LogP contribution in [0.4, 0.5) is 0 Å². The van der Waals surface area contributed by atoms with E-state index in [1.807, 2.05) is 0 Å². The molecule has 0 aliphatic carbocycles. The van der Waals surface area contributed by atoms with Crippen molar-refractivity contribution in [2.45, 2.75) is 50.8 Å². The van der Waals surface area contributed by atoms with Gasteiger partial charge in [-0.3, -0.25) is 10.1 Å². The molecule has 0 aromatic carbocycles. The fraction of sp³-hybridized carbons (Fsp3) is 0.917. The van der Waals surface area contributed by atoms with E-state index in [4.69, 9.17) is 10.5 Å². The lowest BCUT2D eigenvalue weighted by molar-refractivity contribution is -0.141. The van der Waals surface area contributed by atoms with Crippen molar-refractivity contribution in [3.05, 3.63) is 0 Å². The Bertz CT molecular complexity index is 276. The summed E-state index contributed by atoms with van der Waals surface area (Å²) < 4.78 is 4.95. The van der Waals surface area contributed by atoms with Gasteiger partial charge in [0.25, 0.3) is 0 Å². The van der Waals surface area contributed by atoms with Gasteiger partial charge < -0.3 is 15.6 Å². The maximum Gasteiger partial charge on any atom is 0.302 e. The van der Waals surface area contributed by atoms with E-state index in [0.717, 1.165) is 5.75 Å². The van der Waals surface area contributed by atoms with Gasteiger partial charge >= 0.3 is 5.97 Å². The largest absolute Gasteiger partial charge is 0.464 e. The van der Waals surface area contributed by atoms with Crippen LogP contribution in [-0.2, 0) is 9.53 Å². The topological polar surface area (TPSA) is 84.6 Å². The Balaban J connectivity index is 2.30. The van der Waals surface area contributed by atoms with Crippen LogP contribution < -0.4 is 11.1 Å². The van der Waals surface area contributed by atoms with Gasteiger partial charge in [0.2, 0.25) is 0 Å². The van der Waals surface area contributed by atoms with Gasteiger partial charge in [0, 0.05) is 18.7 Å². The molecule has 1 aliphatic rings. The number of ether oxygens (including phenoxy) is 1. The van der Waals surface area contributed by atoms with Crippen molar-refractivity contribution in [2.75, 3.05) is 12.4 Å². The van der Waals surface area contributed by atoms with Gasteiger partial charge in [-0.2, -0.15) is 0 Å². The van der Waals surface area contributed by atoms with E-state index < -0.39 is 6.10 Å². The minimum atomic E-state index is -0.463. The van der Waals surface area contributed by atoms with Crippen molar-refractivity contribution >= 4 is 17.7 Å². The number of hydrogen-bond acceptors (Lipinski definition) is 6. The first-order valence-corrected chi connectivity index (χ1v) is 7.39. The molecule has 106 valence electrons. The van der Waals surface area contributed by atoms with Crippen molar-refractivity contribution < 1.29 is 14.6 Å². The number of thioether (sulfide) groups is 1. The highest BCUT2D eigenvalue weighted by Crippen LogP contribution is 2.24. The molecule has 0 bridgehead atoms. The monoisotopic (exact) mass is 276 g/mol. The zero-order chi connectivity index (χ0) is 13.7. The van der Waals surface area contributed by atoms with Crippen molar-refractivity contribution in [1.82, 2.24) is 5.32 Å². The number of nitrogens with one attached hydrogen (secondary N) is 1. The molecule has 0 aromatic rings. The molecule has 6 heteroatoms. The molecule has 4 atom stereocenters. The second-order valence-electron chi connectivity index (χ2n) is 5.13. The smallest absolute Gasteiger partial charge is 0.302 e. The van der Waals surface area contributed by atoms with Crippen LogP contribution in [0.3, 0.4) is 0 Å². The second-order valence-corrected chi connectivity index (χ2v) is 6.31. The van der Waals surface area contributed by atoms with E-state index in [1.165, 1.54) is 6.92 Å². The summed E-state index contributed by atoms with van der Waals surface area (Å²) in [4.78, 5) is 10.7. The molecule has 0 spiro atoms. The molecule has 0 saturated carbocycles. The van der Waals surface area contributed by atoms with E-state index in [2.05, 4.69) is 19.2 Å². The Labute approximate surface area is 113 Å². The molecule has 18 heavy (non-hydrogen) atoms. The standard InChI is InChI=1S/C12H24N2O3S/c1-7(2)10(13)4-11(16)12-14-9(6-18-12)5-17-8(3)15/h7,9-12,14,16H,4-6,13H2,1-3H3. The highest BCUT2D eigenvalue weighted by molar-refractivity contribution is 8.00. The van der Waals surface area contributed by atoms with Gasteiger partial charge in [-0.1, -0.05) is 13.8 Å². The molecule has 0 aromatic heterocycles. The van der Waals surface area contributed by atoms with Gasteiger partial charge in [-0.25, -0.2) is 0 Å². The summed E-state index contributed by atoms with van der Waals surface area (Å²) in [6.45, 7) is 5.87. The molecular weight excluding hydrogens is 252 g/mol. The molecule has 4 N–H and O–H groups in total. The maximum atomic E-state index is 10.7. The van der Waals surface area contributed by atoms with Crippen LogP contribution in [0.1, 0.15) is 27.2 Å². The van der Waals surface area contributed by atoms with Gasteiger partial charge in [-0.15, -0.1) is 11.8 Å². The van der Waals surface area contributed by atoms with Crippen molar-refractivity contribution in [1.29, 1.82) is 0 Å². The minimum absolute atomic E-state index is 0.00918. The van der Waals surface area contributed by atoms with Crippen LogP contribution in [0.15, 0.2) is 0 Å². The molecule has 4 unspecified atom stereocenters. The summed E-state index contributed by atoms with van der Waals surface area (Å²) >= 11 is 1.66. The number of hydrogen-bond donors (Lipinski definition) is 3. The molecule has 1 fully saturated rings. The summed E-state index contributed by atoms with van der Waals surface area (Å²) in [5.41, 5.74) is 5.95.